The van der Waals surface area contributed by atoms with Gasteiger partial charge in [0.2, 0.25) is 0 Å². The maximum Gasteiger partial charge on any atom is 0.410 e. The number of rotatable bonds is 4. The Labute approximate surface area is 211 Å². The van der Waals surface area contributed by atoms with Crippen LogP contribution in [0.5, 0.6) is 5.75 Å². The molecule has 36 heavy (non-hydrogen) atoms. The van der Waals surface area contributed by atoms with Gasteiger partial charge in [-0.05, 0) is 61.7 Å². The number of hydrogen-bond acceptors (Lipinski definition) is 5. The predicted octanol–water partition coefficient (Wildman–Crippen LogP) is 5.90. The molecule has 1 amide bonds. The predicted molar refractivity (Wildman–Crippen MR) is 139 cm³/mol. The van der Waals surface area contributed by atoms with Crippen LogP contribution in [0.3, 0.4) is 0 Å². The molecule has 1 aromatic heterocycles. The number of benzene rings is 2. The summed E-state index contributed by atoms with van der Waals surface area (Å²) in [6.45, 7) is 8.00. The Bertz CT molecular complexity index is 1350. The van der Waals surface area contributed by atoms with Crippen LogP contribution in [0.2, 0.25) is 0 Å². The van der Waals surface area contributed by atoms with Crippen molar-refractivity contribution in [1.29, 1.82) is 5.26 Å². The van der Waals surface area contributed by atoms with E-state index in [0.29, 0.717) is 37.6 Å². The summed E-state index contributed by atoms with van der Waals surface area (Å²) in [5.74, 6) is 0.619. The second kappa shape index (κ2) is 9.71. The zero-order valence-electron chi connectivity index (χ0n) is 21.0. The van der Waals surface area contributed by atoms with Gasteiger partial charge in [0.25, 0.3) is 0 Å². The maximum absolute atomic E-state index is 12.5. The normalized spacial score (nSPS) is 16.6. The van der Waals surface area contributed by atoms with Gasteiger partial charge in [0, 0.05) is 36.0 Å². The molecule has 2 aliphatic heterocycles. The fraction of sp³-hybridized carbons (Fsp3) is 0.379. The Balaban J connectivity index is 1.39. The molecule has 0 aliphatic carbocycles. The summed E-state index contributed by atoms with van der Waals surface area (Å²) in [6, 6.07) is 16.3. The maximum atomic E-state index is 12.5. The summed E-state index contributed by atoms with van der Waals surface area (Å²) < 4.78 is 17.1. The summed E-state index contributed by atoms with van der Waals surface area (Å²) in [5, 5.41) is 10.9. The molecule has 5 rings (SSSR count). The summed E-state index contributed by atoms with van der Waals surface area (Å²) in [6.07, 6.45) is 3.49. The summed E-state index contributed by atoms with van der Waals surface area (Å²) in [7, 11) is 0. The topological polar surface area (TPSA) is 87.6 Å². The Morgan fingerprint density at radius 2 is 1.97 bits per heavy atom. The molecule has 0 atom stereocenters. The van der Waals surface area contributed by atoms with Crippen molar-refractivity contribution in [1.82, 2.24) is 9.88 Å². The third-order valence-electron chi connectivity index (χ3n) is 6.45. The van der Waals surface area contributed by atoms with E-state index in [0.717, 1.165) is 46.1 Å². The number of carbonyl (C=O) groups excluding carboxylic acids is 1. The fourth-order valence-electron chi connectivity index (χ4n) is 4.66. The van der Waals surface area contributed by atoms with E-state index in [2.05, 4.69) is 29.3 Å². The molecule has 0 bridgehead atoms. The number of nitrogens with one attached hydrogen (secondary N) is 1. The highest BCUT2D eigenvalue weighted by molar-refractivity contribution is 5.98. The highest BCUT2D eigenvalue weighted by atomic mass is 16.6. The average molecular weight is 486 g/mol. The Morgan fingerprint density at radius 3 is 2.72 bits per heavy atom. The van der Waals surface area contributed by atoms with Crippen molar-refractivity contribution in [2.75, 3.05) is 26.3 Å². The standard InChI is InChI=1S/C29H31N3O4/c1-29(2,3)36-28(33)32-12-9-20(18-32)26-16-24-23(5-4-6-25(24)31-26)19-7-8-27(21(15-19)17-30)35-22-10-13-34-14-11-22/h4-9,15-16,22,31H,10-14,18H2,1-3H3. The second-order valence-electron chi connectivity index (χ2n) is 10.3. The van der Waals surface area contributed by atoms with E-state index in [1.165, 1.54) is 0 Å². The first kappa shape index (κ1) is 24.0. The van der Waals surface area contributed by atoms with Gasteiger partial charge in [0.05, 0.1) is 25.3 Å². The highest BCUT2D eigenvalue weighted by Gasteiger charge is 2.26. The Morgan fingerprint density at radius 1 is 1.17 bits per heavy atom. The number of carbonyl (C=O) groups is 1. The lowest BCUT2D eigenvalue weighted by atomic mass is 9.99. The molecule has 1 N–H and O–H groups in total. The Hall–Kier alpha value is -3.76. The van der Waals surface area contributed by atoms with E-state index < -0.39 is 5.60 Å². The number of aromatic nitrogens is 1. The monoisotopic (exact) mass is 485 g/mol. The molecule has 7 nitrogen and oxygen atoms in total. The number of H-pyrrole nitrogens is 1. The van der Waals surface area contributed by atoms with Crippen LogP contribution in [-0.2, 0) is 9.47 Å². The van der Waals surface area contributed by atoms with Crippen LogP contribution in [0.4, 0.5) is 4.79 Å². The molecule has 1 fully saturated rings. The fourth-order valence-corrected chi connectivity index (χ4v) is 4.66. The molecular formula is C29H31N3O4. The van der Waals surface area contributed by atoms with Gasteiger partial charge in [-0.1, -0.05) is 24.3 Å². The summed E-state index contributed by atoms with van der Waals surface area (Å²) in [5.41, 5.74) is 5.02. The van der Waals surface area contributed by atoms with Crippen LogP contribution < -0.4 is 4.74 Å². The second-order valence-corrected chi connectivity index (χ2v) is 10.3. The van der Waals surface area contributed by atoms with E-state index in [4.69, 9.17) is 14.2 Å². The largest absolute Gasteiger partial charge is 0.489 e. The van der Waals surface area contributed by atoms with Crippen LogP contribution in [0.25, 0.3) is 27.6 Å². The Kier molecular flexibility index (Phi) is 6.46. The number of hydrogen-bond donors (Lipinski definition) is 1. The van der Waals surface area contributed by atoms with Crippen molar-refractivity contribution < 1.29 is 19.0 Å². The third kappa shape index (κ3) is 5.09. The van der Waals surface area contributed by atoms with E-state index in [9.17, 15) is 10.1 Å². The minimum Gasteiger partial charge on any atom is -0.489 e. The zero-order chi connectivity index (χ0) is 25.3. The van der Waals surface area contributed by atoms with Crippen molar-refractivity contribution in [3.05, 3.63) is 59.8 Å². The molecule has 2 aromatic carbocycles. The average Bonchev–Trinajstić information content (AvgIpc) is 3.51. The van der Waals surface area contributed by atoms with Gasteiger partial charge in [0.1, 0.15) is 23.5 Å². The van der Waals surface area contributed by atoms with Crippen LogP contribution in [0.15, 0.2) is 48.5 Å². The molecule has 3 aromatic rings. The summed E-state index contributed by atoms with van der Waals surface area (Å²) in [4.78, 5) is 17.7. The van der Waals surface area contributed by atoms with E-state index in [-0.39, 0.29) is 12.2 Å². The van der Waals surface area contributed by atoms with Gasteiger partial charge < -0.3 is 24.1 Å². The van der Waals surface area contributed by atoms with Crippen LogP contribution in [-0.4, -0.2) is 54.0 Å². The number of fused-ring (bicyclic) bond motifs is 1. The zero-order valence-corrected chi connectivity index (χ0v) is 21.0. The van der Waals surface area contributed by atoms with Gasteiger partial charge in [-0.25, -0.2) is 4.79 Å². The molecule has 0 saturated carbocycles. The van der Waals surface area contributed by atoms with Gasteiger partial charge in [-0.2, -0.15) is 5.26 Å². The van der Waals surface area contributed by atoms with Gasteiger partial charge in [-0.3, -0.25) is 0 Å². The first-order chi connectivity index (χ1) is 17.3. The quantitative estimate of drug-likeness (QED) is 0.497. The molecule has 1 saturated heterocycles. The summed E-state index contributed by atoms with van der Waals surface area (Å²) >= 11 is 0. The molecular weight excluding hydrogens is 454 g/mol. The number of amides is 1. The lowest BCUT2D eigenvalue weighted by molar-refractivity contribution is 0.0254. The van der Waals surface area contributed by atoms with Crippen molar-refractivity contribution in [3.8, 4) is 22.9 Å². The van der Waals surface area contributed by atoms with Crippen molar-refractivity contribution in [3.63, 3.8) is 0 Å². The van der Waals surface area contributed by atoms with Crippen molar-refractivity contribution in [2.45, 2.75) is 45.3 Å². The van der Waals surface area contributed by atoms with Crippen molar-refractivity contribution in [2.24, 2.45) is 0 Å². The van der Waals surface area contributed by atoms with Crippen LogP contribution >= 0.6 is 0 Å². The van der Waals surface area contributed by atoms with E-state index >= 15 is 0 Å². The van der Waals surface area contributed by atoms with Gasteiger partial charge in [-0.15, -0.1) is 0 Å². The minimum absolute atomic E-state index is 0.0762. The van der Waals surface area contributed by atoms with Crippen molar-refractivity contribution >= 4 is 22.6 Å². The van der Waals surface area contributed by atoms with Crippen LogP contribution in [0, 0.1) is 11.3 Å². The SMILES string of the molecule is CC(C)(C)OC(=O)N1CC=C(c2cc3c(-c4ccc(OC5CCOCC5)c(C#N)c4)cccc3[nH]2)C1. The molecule has 186 valence electrons. The molecule has 0 spiro atoms. The first-order valence-corrected chi connectivity index (χ1v) is 12.4. The molecule has 0 unspecified atom stereocenters. The third-order valence-corrected chi connectivity index (χ3v) is 6.45. The van der Waals surface area contributed by atoms with Gasteiger partial charge in [0.15, 0.2) is 0 Å². The number of nitrogens with zero attached hydrogens (tertiary/aromatic N) is 2. The number of ether oxygens (including phenoxy) is 3. The van der Waals surface area contributed by atoms with E-state index in [1.54, 1.807) is 4.90 Å². The minimum atomic E-state index is -0.524. The van der Waals surface area contributed by atoms with E-state index in [1.807, 2.05) is 51.1 Å². The number of aromatic amines is 1. The molecule has 3 heterocycles. The first-order valence-electron chi connectivity index (χ1n) is 12.4. The van der Waals surface area contributed by atoms with Crippen LogP contribution in [0.1, 0.15) is 44.9 Å². The molecule has 2 aliphatic rings. The molecule has 0 radical (unpaired) electrons. The lowest BCUT2D eigenvalue weighted by Crippen LogP contribution is -2.35. The molecule has 7 heteroatoms. The smallest absolute Gasteiger partial charge is 0.410 e. The lowest BCUT2D eigenvalue weighted by Gasteiger charge is -2.24. The van der Waals surface area contributed by atoms with Gasteiger partial charge >= 0.3 is 6.09 Å². The number of nitriles is 1. The highest BCUT2D eigenvalue weighted by Crippen LogP contribution is 2.35.